The number of rotatable bonds is 5. The molecule has 3 fully saturated rings. The van der Waals surface area contributed by atoms with Crippen molar-refractivity contribution in [2.45, 2.75) is 44.2 Å². The maximum absolute atomic E-state index is 15.1. The summed E-state index contributed by atoms with van der Waals surface area (Å²) in [7, 11) is 2.76. The van der Waals surface area contributed by atoms with Gasteiger partial charge in [-0.1, -0.05) is 6.42 Å². The summed E-state index contributed by atoms with van der Waals surface area (Å²) >= 11 is 0. The van der Waals surface area contributed by atoms with Crippen molar-refractivity contribution in [3.63, 3.8) is 0 Å². The lowest BCUT2D eigenvalue weighted by Gasteiger charge is -2.36. The minimum atomic E-state index is -0.931. The zero-order valence-corrected chi connectivity index (χ0v) is 20.4. The Kier molecular flexibility index (Phi) is 6.35. The first kappa shape index (κ1) is 24.1. The second kappa shape index (κ2) is 9.47. The normalized spacial score (nSPS) is 23.8. The molecule has 1 aromatic heterocycles. The Labute approximate surface area is 208 Å². The van der Waals surface area contributed by atoms with Gasteiger partial charge in [0, 0.05) is 50.1 Å². The lowest BCUT2D eigenvalue weighted by molar-refractivity contribution is -0.132. The van der Waals surface area contributed by atoms with Gasteiger partial charge in [-0.25, -0.2) is 14.2 Å². The molecule has 2 saturated heterocycles. The third-order valence-electron chi connectivity index (χ3n) is 7.78. The molecule has 1 aromatic carbocycles. The van der Waals surface area contributed by atoms with Crippen molar-refractivity contribution in [2.24, 2.45) is 5.92 Å². The Morgan fingerprint density at radius 2 is 1.92 bits per heavy atom. The summed E-state index contributed by atoms with van der Waals surface area (Å²) in [5, 5.41) is 10.0. The van der Waals surface area contributed by atoms with Crippen molar-refractivity contribution < 1.29 is 28.6 Å². The molecular formula is C24H31FN6O5. The van der Waals surface area contributed by atoms with Gasteiger partial charge in [-0.2, -0.15) is 4.98 Å². The van der Waals surface area contributed by atoms with Crippen LogP contribution in [0.15, 0.2) is 6.07 Å². The number of nitrogens with two attached hydrogens (primary N) is 1. The van der Waals surface area contributed by atoms with Crippen LogP contribution in [0.5, 0.6) is 11.5 Å². The van der Waals surface area contributed by atoms with E-state index in [1.165, 1.54) is 19.1 Å². The van der Waals surface area contributed by atoms with Crippen molar-refractivity contribution in [1.82, 2.24) is 19.8 Å². The molecule has 194 valence electrons. The van der Waals surface area contributed by atoms with Gasteiger partial charge in [-0.05, 0) is 31.2 Å². The SMILES string of the molecule is COc1cc2c(N)nc(N3CCN(C(=O)CC4CC5CCCC5N4C(=O)O)CC3)nc2c(F)c1OC. The van der Waals surface area contributed by atoms with E-state index in [1.807, 2.05) is 4.90 Å². The molecule has 2 aromatic rings. The van der Waals surface area contributed by atoms with Crippen LogP contribution in [-0.2, 0) is 4.79 Å². The number of methoxy groups -OCH3 is 2. The van der Waals surface area contributed by atoms with Crippen molar-refractivity contribution in [3.8, 4) is 11.5 Å². The quantitative estimate of drug-likeness (QED) is 0.632. The van der Waals surface area contributed by atoms with Gasteiger partial charge < -0.3 is 35.0 Å². The van der Waals surface area contributed by atoms with E-state index in [0.29, 0.717) is 37.5 Å². The van der Waals surface area contributed by atoms with Crippen LogP contribution in [0, 0.1) is 11.7 Å². The molecule has 0 spiro atoms. The monoisotopic (exact) mass is 502 g/mol. The van der Waals surface area contributed by atoms with Crippen LogP contribution >= 0.6 is 0 Å². The number of hydrogen-bond donors (Lipinski definition) is 2. The number of likely N-dealkylation sites (tertiary alicyclic amines) is 1. The molecule has 3 heterocycles. The smallest absolute Gasteiger partial charge is 0.407 e. The minimum absolute atomic E-state index is 0.0363. The van der Waals surface area contributed by atoms with Crippen molar-refractivity contribution in [2.75, 3.05) is 51.0 Å². The number of aromatic nitrogens is 2. The highest BCUT2D eigenvalue weighted by Crippen LogP contribution is 2.42. The third-order valence-corrected chi connectivity index (χ3v) is 7.78. The number of hydrogen-bond acceptors (Lipinski definition) is 8. The largest absolute Gasteiger partial charge is 0.493 e. The summed E-state index contributed by atoms with van der Waals surface area (Å²) < 4.78 is 25.4. The van der Waals surface area contributed by atoms with Crippen molar-refractivity contribution >= 4 is 34.7 Å². The number of anilines is 2. The van der Waals surface area contributed by atoms with E-state index in [4.69, 9.17) is 15.2 Å². The Morgan fingerprint density at radius 3 is 2.58 bits per heavy atom. The maximum atomic E-state index is 15.1. The molecule has 3 N–H and O–H groups in total. The van der Waals surface area contributed by atoms with Crippen molar-refractivity contribution in [1.29, 1.82) is 0 Å². The van der Waals surface area contributed by atoms with Gasteiger partial charge in [0.2, 0.25) is 11.9 Å². The van der Waals surface area contributed by atoms with Gasteiger partial charge >= 0.3 is 6.09 Å². The molecule has 1 saturated carbocycles. The lowest BCUT2D eigenvalue weighted by atomic mass is 10.0. The Hall–Kier alpha value is -3.57. The van der Waals surface area contributed by atoms with E-state index in [0.717, 1.165) is 25.7 Å². The van der Waals surface area contributed by atoms with Gasteiger partial charge in [-0.15, -0.1) is 0 Å². The topological polar surface area (TPSA) is 134 Å². The van der Waals surface area contributed by atoms with Gasteiger partial charge in [0.1, 0.15) is 11.3 Å². The van der Waals surface area contributed by atoms with E-state index >= 15 is 4.39 Å². The zero-order valence-electron chi connectivity index (χ0n) is 20.4. The maximum Gasteiger partial charge on any atom is 0.407 e. The van der Waals surface area contributed by atoms with Crippen LogP contribution < -0.4 is 20.1 Å². The van der Waals surface area contributed by atoms with Gasteiger partial charge in [0.15, 0.2) is 17.3 Å². The Balaban J connectivity index is 1.27. The first-order chi connectivity index (χ1) is 17.3. The molecule has 36 heavy (non-hydrogen) atoms. The number of benzene rings is 1. The standard InChI is InChI=1S/C24H31FN6O5/c1-35-17-12-15-20(19(25)21(17)36-2)27-23(28-22(15)26)30-8-6-29(7-9-30)18(32)11-14-10-13-4-3-5-16(13)31(14)24(33)34/h12-14,16H,3-11H2,1-2H3,(H,33,34)(H2,26,27,28). The van der Waals surface area contributed by atoms with E-state index < -0.39 is 11.9 Å². The summed E-state index contributed by atoms with van der Waals surface area (Å²) in [6.07, 6.45) is 2.99. The molecule has 5 rings (SSSR count). The zero-order chi connectivity index (χ0) is 25.6. The predicted molar refractivity (Wildman–Crippen MR) is 130 cm³/mol. The lowest BCUT2D eigenvalue weighted by Crippen LogP contribution is -2.51. The summed E-state index contributed by atoms with van der Waals surface area (Å²) in [5.74, 6) is 0.173. The van der Waals surface area contributed by atoms with E-state index in [-0.39, 0.29) is 53.2 Å². The highest BCUT2D eigenvalue weighted by molar-refractivity contribution is 5.92. The van der Waals surface area contributed by atoms with Crippen LogP contribution in [0.2, 0.25) is 0 Å². The summed E-state index contributed by atoms with van der Waals surface area (Å²) in [6, 6.07) is 1.33. The van der Waals surface area contributed by atoms with Crippen LogP contribution in [-0.4, -0.2) is 89.4 Å². The fourth-order valence-corrected chi connectivity index (χ4v) is 6.04. The number of carbonyl (C=O) groups excluding carboxylic acids is 1. The minimum Gasteiger partial charge on any atom is -0.493 e. The van der Waals surface area contributed by atoms with E-state index in [2.05, 4.69) is 9.97 Å². The highest BCUT2D eigenvalue weighted by Gasteiger charge is 2.46. The fraction of sp³-hybridized carbons (Fsp3) is 0.583. The van der Waals surface area contributed by atoms with Gasteiger partial charge in [0.05, 0.1) is 14.2 Å². The summed E-state index contributed by atoms with van der Waals surface area (Å²) in [5.41, 5.74) is 6.17. The number of carboxylic acid groups (broad SMARTS) is 1. The van der Waals surface area contributed by atoms with Crippen LogP contribution in [0.1, 0.15) is 32.1 Å². The van der Waals surface area contributed by atoms with Gasteiger partial charge in [0.25, 0.3) is 0 Å². The number of ether oxygens (including phenoxy) is 2. The first-order valence-corrected chi connectivity index (χ1v) is 12.2. The Morgan fingerprint density at radius 1 is 1.17 bits per heavy atom. The number of nitrogens with zero attached hydrogens (tertiary/aromatic N) is 5. The van der Waals surface area contributed by atoms with Crippen LogP contribution in [0.25, 0.3) is 10.9 Å². The third kappa shape index (κ3) is 4.07. The number of carbonyl (C=O) groups is 2. The van der Waals surface area contributed by atoms with Gasteiger partial charge in [-0.3, -0.25) is 4.79 Å². The fourth-order valence-electron chi connectivity index (χ4n) is 6.04. The molecule has 12 heteroatoms. The van der Waals surface area contributed by atoms with E-state index in [9.17, 15) is 14.7 Å². The van der Waals surface area contributed by atoms with Crippen LogP contribution in [0.3, 0.4) is 0 Å². The number of fused-ring (bicyclic) bond motifs is 2. The number of halogens is 1. The molecule has 0 bridgehead atoms. The molecule has 1 aliphatic carbocycles. The molecule has 3 unspecified atom stereocenters. The summed E-state index contributed by atoms with van der Waals surface area (Å²) in [6.45, 7) is 1.76. The first-order valence-electron chi connectivity index (χ1n) is 12.2. The summed E-state index contributed by atoms with van der Waals surface area (Å²) in [4.78, 5) is 38.8. The Bertz CT molecular complexity index is 1190. The number of nitrogen functional groups attached to an aromatic ring is 1. The molecule has 2 aliphatic heterocycles. The van der Waals surface area contributed by atoms with Crippen molar-refractivity contribution in [3.05, 3.63) is 11.9 Å². The number of amides is 2. The second-order valence-corrected chi connectivity index (χ2v) is 9.64. The molecule has 11 nitrogen and oxygen atoms in total. The number of piperazine rings is 1. The van der Waals surface area contributed by atoms with E-state index in [1.54, 1.807) is 11.0 Å². The molecular weight excluding hydrogens is 471 g/mol. The molecule has 3 atom stereocenters. The highest BCUT2D eigenvalue weighted by atomic mass is 19.1. The average Bonchev–Trinajstić information content (AvgIpc) is 3.45. The average molecular weight is 503 g/mol. The molecule has 0 radical (unpaired) electrons. The molecule has 2 amide bonds. The van der Waals surface area contributed by atoms with Crippen LogP contribution in [0.4, 0.5) is 21.0 Å². The predicted octanol–water partition coefficient (Wildman–Crippen LogP) is 2.33. The molecule has 3 aliphatic rings. The second-order valence-electron chi connectivity index (χ2n) is 9.64.